The standard InChI is InChI=1S/C17H26FNO/c1-12-4-5-13(10-14(12)18)15(20)17(11-19)8-6-16(2,3)7-9-17/h4-5,10,15,20H,6-9,11,19H2,1-3H3. The number of aliphatic hydroxyl groups excluding tert-OH is 1. The minimum Gasteiger partial charge on any atom is -0.388 e. The SMILES string of the molecule is Cc1ccc(C(O)C2(CN)CCC(C)(C)CC2)cc1F. The minimum atomic E-state index is -0.682. The monoisotopic (exact) mass is 279 g/mol. The molecule has 1 atom stereocenters. The molecule has 0 amide bonds. The van der Waals surface area contributed by atoms with Gasteiger partial charge in [0.05, 0.1) is 6.10 Å². The largest absolute Gasteiger partial charge is 0.388 e. The molecule has 1 aromatic rings. The van der Waals surface area contributed by atoms with Crippen molar-refractivity contribution in [2.24, 2.45) is 16.6 Å². The Morgan fingerprint density at radius 1 is 1.25 bits per heavy atom. The van der Waals surface area contributed by atoms with E-state index in [9.17, 15) is 9.50 Å². The lowest BCUT2D eigenvalue weighted by molar-refractivity contribution is -0.0237. The molecule has 3 N–H and O–H groups in total. The van der Waals surface area contributed by atoms with E-state index in [1.165, 1.54) is 6.07 Å². The average molecular weight is 279 g/mol. The normalized spacial score (nSPS) is 22.5. The van der Waals surface area contributed by atoms with Gasteiger partial charge in [0.1, 0.15) is 5.82 Å². The first-order chi connectivity index (χ1) is 9.30. The summed E-state index contributed by atoms with van der Waals surface area (Å²) in [4.78, 5) is 0. The highest BCUT2D eigenvalue weighted by atomic mass is 19.1. The number of halogens is 1. The molecular weight excluding hydrogens is 253 g/mol. The molecule has 0 spiro atoms. The number of hydrogen-bond donors (Lipinski definition) is 2. The lowest BCUT2D eigenvalue weighted by Crippen LogP contribution is -2.41. The molecule has 0 aliphatic heterocycles. The summed E-state index contributed by atoms with van der Waals surface area (Å²) in [7, 11) is 0. The summed E-state index contributed by atoms with van der Waals surface area (Å²) in [6.45, 7) is 6.68. The molecule has 112 valence electrons. The predicted octanol–water partition coefficient (Wildman–Crippen LogP) is 3.71. The lowest BCUT2D eigenvalue weighted by Gasteiger charge is -2.45. The summed E-state index contributed by atoms with van der Waals surface area (Å²) >= 11 is 0. The highest BCUT2D eigenvalue weighted by Gasteiger charge is 2.43. The molecule has 20 heavy (non-hydrogen) atoms. The van der Waals surface area contributed by atoms with E-state index < -0.39 is 6.10 Å². The Kier molecular flexibility index (Phi) is 4.22. The highest BCUT2D eigenvalue weighted by molar-refractivity contribution is 5.26. The Morgan fingerprint density at radius 3 is 2.35 bits per heavy atom. The molecule has 0 bridgehead atoms. The van der Waals surface area contributed by atoms with Crippen LogP contribution >= 0.6 is 0 Å². The summed E-state index contributed by atoms with van der Waals surface area (Å²) < 4.78 is 13.7. The van der Waals surface area contributed by atoms with Gasteiger partial charge in [-0.3, -0.25) is 0 Å². The third-order valence-corrected chi connectivity index (χ3v) is 5.10. The molecule has 2 nitrogen and oxygen atoms in total. The van der Waals surface area contributed by atoms with Gasteiger partial charge in [-0.05, 0) is 55.2 Å². The van der Waals surface area contributed by atoms with E-state index in [0.29, 0.717) is 23.1 Å². The zero-order chi connectivity index (χ0) is 15.0. The number of rotatable bonds is 3. The van der Waals surface area contributed by atoms with Gasteiger partial charge in [0.15, 0.2) is 0 Å². The van der Waals surface area contributed by atoms with E-state index in [-0.39, 0.29) is 11.2 Å². The van der Waals surface area contributed by atoms with Crippen LogP contribution in [0.2, 0.25) is 0 Å². The number of aryl methyl sites for hydroxylation is 1. The molecule has 1 aromatic carbocycles. The Balaban J connectivity index is 2.25. The van der Waals surface area contributed by atoms with E-state index in [0.717, 1.165) is 25.7 Å². The summed E-state index contributed by atoms with van der Waals surface area (Å²) in [5.41, 5.74) is 7.24. The van der Waals surface area contributed by atoms with Gasteiger partial charge in [-0.15, -0.1) is 0 Å². The van der Waals surface area contributed by atoms with Gasteiger partial charge in [0.25, 0.3) is 0 Å². The van der Waals surface area contributed by atoms with Gasteiger partial charge in [0.2, 0.25) is 0 Å². The van der Waals surface area contributed by atoms with E-state index >= 15 is 0 Å². The van der Waals surface area contributed by atoms with Crippen LogP contribution in [0, 0.1) is 23.6 Å². The first-order valence-corrected chi connectivity index (χ1v) is 7.44. The first-order valence-electron chi connectivity index (χ1n) is 7.44. The quantitative estimate of drug-likeness (QED) is 0.886. The molecule has 0 aromatic heterocycles. The van der Waals surface area contributed by atoms with Crippen molar-refractivity contribution in [3.05, 3.63) is 35.1 Å². The number of benzene rings is 1. The second-order valence-electron chi connectivity index (χ2n) is 7.14. The number of aliphatic hydroxyl groups is 1. The molecular formula is C17H26FNO. The molecule has 1 aliphatic rings. The van der Waals surface area contributed by atoms with Crippen molar-refractivity contribution in [2.75, 3.05) is 6.54 Å². The Morgan fingerprint density at radius 2 is 1.85 bits per heavy atom. The fourth-order valence-corrected chi connectivity index (χ4v) is 3.15. The summed E-state index contributed by atoms with van der Waals surface area (Å²) in [5, 5.41) is 10.7. The minimum absolute atomic E-state index is 0.259. The van der Waals surface area contributed by atoms with Gasteiger partial charge < -0.3 is 10.8 Å². The predicted molar refractivity (Wildman–Crippen MR) is 79.8 cm³/mol. The van der Waals surface area contributed by atoms with Crippen LogP contribution in [0.15, 0.2) is 18.2 Å². The van der Waals surface area contributed by atoms with Gasteiger partial charge in [-0.2, -0.15) is 0 Å². The molecule has 0 saturated heterocycles. The van der Waals surface area contributed by atoms with E-state index in [1.807, 2.05) is 6.07 Å². The molecule has 1 fully saturated rings. The van der Waals surface area contributed by atoms with Crippen LogP contribution in [0.5, 0.6) is 0 Å². The summed E-state index contributed by atoms with van der Waals surface area (Å²) in [5.74, 6) is -0.259. The molecule has 1 saturated carbocycles. The number of nitrogens with two attached hydrogens (primary N) is 1. The molecule has 3 heteroatoms. The highest BCUT2D eigenvalue weighted by Crippen LogP contribution is 2.50. The fourth-order valence-electron chi connectivity index (χ4n) is 3.15. The van der Waals surface area contributed by atoms with Crippen molar-refractivity contribution in [1.29, 1.82) is 0 Å². The third-order valence-electron chi connectivity index (χ3n) is 5.10. The smallest absolute Gasteiger partial charge is 0.126 e. The Labute approximate surface area is 121 Å². The van der Waals surface area contributed by atoms with Crippen LogP contribution < -0.4 is 5.73 Å². The van der Waals surface area contributed by atoms with Gasteiger partial charge >= 0.3 is 0 Å². The fraction of sp³-hybridized carbons (Fsp3) is 0.647. The van der Waals surface area contributed by atoms with Crippen molar-refractivity contribution in [1.82, 2.24) is 0 Å². The zero-order valence-corrected chi connectivity index (χ0v) is 12.7. The Bertz CT molecular complexity index is 474. The molecule has 2 rings (SSSR count). The van der Waals surface area contributed by atoms with Crippen molar-refractivity contribution < 1.29 is 9.50 Å². The van der Waals surface area contributed by atoms with E-state index in [4.69, 9.17) is 5.73 Å². The van der Waals surface area contributed by atoms with Crippen molar-refractivity contribution in [3.8, 4) is 0 Å². The van der Waals surface area contributed by atoms with Crippen LogP contribution in [0.3, 0.4) is 0 Å². The topological polar surface area (TPSA) is 46.2 Å². The maximum absolute atomic E-state index is 13.7. The van der Waals surface area contributed by atoms with Crippen LogP contribution in [0.25, 0.3) is 0 Å². The lowest BCUT2D eigenvalue weighted by atomic mass is 9.62. The van der Waals surface area contributed by atoms with Crippen molar-refractivity contribution in [3.63, 3.8) is 0 Å². The average Bonchev–Trinajstić information content (AvgIpc) is 2.42. The second kappa shape index (κ2) is 5.45. The maximum atomic E-state index is 13.7. The Hall–Kier alpha value is -0.930. The zero-order valence-electron chi connectivity index (χ0n) is 12.7. The molecule has 1 aliphatic carbocycles. The molecule has 0 heterocycles. The van der Waals surface area contributed by atoms with Crippen LogP contribution in [-0.4, -0.2) is 11.7 Å². The summed E-state index contributed by atoms with van der Waals surface area (Å²) in [6, 6.07) is 5.00. The third kappa shape index (κ3) is 2.89. The van der Waals surface area contributed by atoms with E-state index in [2.05, 4.69) is 13.8 Å². The van der Waals surface area contributed by atoms with Crippen LogP contribution in [0.4, 0.5) is 4.39 Å². The van der Waals surface area contributed by atoms with Crippen LogP contribution in [-0.2, 0) is 0 Å². The molecule has 1 unspecified atom stereocenters. The van der Waals surface area contributed by atoms with Crippen molar-refractivity contribution in [2.45, 2.75) is 52.6 Å². The van der Waals surface area contributed by atoms with Gasteiger partial charge in [-0.25, -0.2) is 4.39 Å². The molecule has 0 radical (unpaired) electrons. The second-order valence-corrected chi connectivity index (χ2v) is 7.14. The number of hydrogen-bond acceptors (Lipinski definition) is 2. The van der Waals surface area contributed by atoms with Crippen molar-refractivity contribution >= 4 is 0 Å². The maximum Gasteiger partial charge on any atom is 0.126 e. The van der Waals surface area contributed by atoms with Crippen LogP contribution in [0.1, 0.15) is 56.8 Å². The van der Waals surface area contributed by atoms with Gasteiger partial charge in [0, 0.05) is 12.0 Å². The first kappa shape index (κ1) is 15.5. The van der Waals surface area contributed by atoms with E-state index in [1.54, 1.807) is 13.0 Å². The summed E-state index contributed by atoms with van der Waals surface area (Å²) in [6.07, 6.45) is 3.21. The van der Waals surface area contributed by atoms with Gasteiger partial charge in [-0.1, -0.05) is 26.0 Å².